The predicted octanol–water partition coefficient (Wildman–Crippen LogP) is 4.58. The van der Waals surface area contributed by atoms with Gasteiger partial charge in [0, 0.05) is 6.42 Å². The summed E-state index contributed by atoms with van der Waals surface area (Å²) in [6.45, 7) is 19.1. The molecule has 0 aliphatic carbocycles. The number of nitrogens with two attached hydrogens (primary N) is 1. The molecule has 0 rings (SSSR count). The second-order valence-corrected chi connectivity index (χ2v) is 22.0. The summed E-state index contributed by atoms with van der Waals surface area (Å²) in [5.41, 5.74) is 4.94. The smallest absolute Gasteiger partial charge is 0.409 e. The molecule has 0 aliphatic heterocycles. The van der Waals surface area contributed by atoms with E-state index in [0.29, 0.717) is 12.8 Å². The van der Waals surface area contributed by atoms with Crippen LogP contribution in [-0.2, 0) is 18.0 Å². The highest BCUT2D eigenvalue weighted by Crippen LogP contribution is 2.33. The summed E-state index contributed by atoms with van der Waals surface area (Å²) in [5.74, 6) is -1.05. The lowest BCUT2D eigenvalue weighted by atomic mass is 10.3. The third-order valence-electron chi connectivity index (χ3n) is 2.28. The van der Waals surface area contributed by atoms with Crippen LogP contribution in [0.4, 0.5) is 4.79 Å². The van der Waals surface area contributed by atoms with Crippen molar-refractivity contribution in [2.45, 2.75) is 77.7 Å². The fraction of sp³-hybridized carbons (Fsp3) is 0.800. The molecule has 0 unspecified atom stereocenters. The molecule has 0 spiro atoms. The van der Waals surface area contributed by atoms with Gasteiger partial charge in [-0.1, -0.05) is 0 Å². The van der Waals surface area contributed by atoms with Gasteiger partial charge in [0.25, 0.3) is 5.97 Å². The number of rotatable bonds is 10. The van der Waals surface area contributed by atoms with Crippen LogP contribution in [0.5, 0.6) is 0 Å². The quantitative estimate of drug-likeness (QED) is 0.334. The van der Waals surface area contributed by atoms with Crippen molar-refractivity contribution in [3.05, 3.63) is 12.3 Å². The molecular weight excluding hydrogens is 358 g/mol. The van der Waals surface area contributed by atoms with Crippen molar-refractivity contribution >= 4 is 31.0 Å². The Morgan fingerprint density at radius 1 is 0.875 bits per heavy atom. The van der Waals surface area contributed by atoms with Crippen LogP contribution < -0.4 is 5.73 Å². The first-order chi connectivity index (χ1) is 10.5. The van der Waals surface area contributed by atoms with E-state index in [-0.39, 0.29) is 0 Å². The highest BCUT2D eigenvalue weighted by atomic mass is 28.4. The van der Waals surface area contributed by atoms with Gasteiger partial charge in [-0.2, -0.15) is 0 Å². The Morgan fingerprint density at radius 2 is 1.25 bits per heavy atom. The molecule has 142 valence electrons. The third-order valence-corrected chi connectivity index (χ3v) is 5.05. The molecule has 0 saturated heterocycles. The zero-order valence-corrected chi connectivity index (χ0v) is 19.7. The van der Waals surface area contributed by atoms with Gasteiger partial charge in [0.15, 0.2) is 25.0 Å². The zero-order chi connectivity index (χ0) is 19.2. The summed E-state index contributed by atoms with van der Waals surface area (Å²) >= 11 is 0. The molecule has 0 saturated carbocycles. The Hall–Kier alpha value is -0.459. The first-order valence-electron chi connectivity index (χ1n) is 8.25. The van der Waals surface area contributed by atoms with E-state index < -0.39 is 37.0 Å². The van der Waals surface area contributed by atoms with Crippen LogP contribution >= 0.6 is 0 Å². The van der Waals surface area contributed by atoms with Crippen LogP contribution in [0.25, 0.3) is 0 Å². The molecule has 24 heavy (non-hydrogen) atoms. The number of hydrogen-bond donors (Lipinski definition) is 1. The maximum Gasteiger partial charge on any atom is 0.409 e. The van der Waals surface area contributed by atoms with E-state index in [0.717, 1.165) is 0 Å². The molecular formula is C15H35NO5Si3. The third kappa shape index (κ3) is 12.9. The summed E-state index contributed by atoms with van der Waals surface area (Å²) < 4.78 is 23.8. The Kier molecular flexibility index (Phi) is 8.60. The monoisotopic (exact) mass is 393 g/mol. The molecule has 0 heterocycles. The lowest BCUT2D eigenvalue weighted by Gasteiger charge is -2.45. The fourth-order valence-corrected chi connectivity index (χ4v) is 5.66. The van der Waals surface area contributed by atoms with E-state index in [9.17, 15) is 4.79 Å². The Morgan fingerprint density at radius 3 is 1.54 bits per heavy atom. The first kappa shape index (κ1) is 23.5. The van der Waals surface area contributed by atoms with Crippen molar-refractivity contribution in [2.24, 2.45) is 5.73 Å². The molecule has 0 aromatic rings. The van der Waals surface area contributed by atoms with Gasteiger partial charge in [-0.25, -0.2) is 4.79 Å². The molecule has 0 aromatic carbocycles. The lowest BCUT2D eigenvalue weighted by molar-refractivity contribution is -0.273. The largest absolute Gasteiger partial charge is 0.419 e. The van der Waals surface area contributed by atoms with E-state index in [1.807, 2.05) is 0 Å². The molecule has 0 atom stereocenters. The molecule has 0 aromatic heterocycles. The van der Waals surface area contributed by atoms with E-state index >= 15 is 0 Å². The zero-order valence-electron chi connectivity index (χ0n) is 16.7. The number of carbonyl (C=O) groups excluding carboxylic acids is 1. The van der Waals surface area contributed by atoms with Crippen molar-refractivity contribution in [3.8, 4) is 0 Å². The van der Waals surface area contributed by atoms with Crippen LogP contribution in [-0.4, -0.2) is 37.0 Å². The van der Waals surface area contributed by atoms with Gasteiger partial charge in [-0.15, -0.1) is 0 Å². The summed E-state index contributed by atoms with van der Waals surface area (Å²) in [6.07, 6.45) is 3.32. The molecule has 6 nitrogen and oxygen atoms in total. The van der Waals surface area contributed by atoms with Crippen LogP contribution in [0.1, 0.15) is 12.8 Å². The van der Waals surface area contributed by atoms with Gasteiger partial charge in [0.2, 0.25) is 0 Å². The summed E-state index contributed by atoms with van der Waals surface area (Å²) in [6, 6.07) is 0. The van der Waals surface area contributed by atoms with Crippen LogP contribution in [0.15, 0.2) is 12.3 Å². The first-order valence-corrected chi connectivity index (χ1v) is 18.5. The van der Waals surface area contributed by atoms with Crippen molar-refractivity contribution < 1.29 is 22.8 Å². The predicted molar refractivity (Wildman–Crippen MR) is 105 cm³/mol. The molecule has 2 N–H and O–H groups in total. The van der Waals surface area contributed by atoms with E-state index in [2.05, 4.69) is 63.7 Å². The molecule has 0 aliphatic rings. The van der Waals surface area contributed by atoms with Crippen molar-refractivity contribution in [1.29, 1.82) is 0 Å². The second kappa shape index (κ2) is 8.77. The van der Waals surface area contributed by atoms with Gasteiger partial charge >= 0.3 is 6.09 Å². The second-order valence-electron chi connectivity index (χ2n) is 8.67. The fourth-order valence-electron chi connectivity index (χ4n) is 2.06. The van der Waals surface area contributed by atoms with Gasteiger partial charge in [0.1, 0.15) is 0 Å². The molecule has 1 amide bonds. The normalized spacial score (nSPS) is 14.2. The highest BCUT2D eigenvalue weighted by Gasteiger charge is 2.44. The number of primary amides is 1. The standard InChI is InChI=1S/C15H35NO5Si3/c1-22(2,3)19-15(20-23(4,5)6,21-24(7,8)9)12-10-11-13-18-14(16)17/h11,13H,10,12H2,1-9H3,(H2,16,17). The average Bonchev–Trinajstić information content (AvgIpc) is 2.19. The number of ether oxygens (including phenoxy) is 1. The Balaban J connectivity index is 5.38. The summed E-state index contributed by atoms with van der Waals surface area (Å²) in [5, 5.41) is 0. The summed E-state index contributed by atoms with van der Waals surface area (Å²) in [7, 11) is -5.74. The topological polar surface area (TPSA) is 80.0 Å². The van der Waals surface area contributed by atoms with Gasteiger partial charge in [-0.05, 0) is 71.4 Å². The SMILES string of the molecule is C[Si](C)(C)OC(CCC=COC(N)=O)(O[Si](C)(C)C)O[Si](C)(C)C. The van der Waals surface area contributed by atoms with Gasteiger partial charge < -0.3 is 23.7 Å². The number of allylic oxidation sites excluding steroid dienone is 1. The van der Waals surface area contributed by atoms with E-state index in [4.69, 9.17) is 19.0 Å². The van der Waals surface area contributed by atoms with Crippen LogP contribution in [0.3, 0.4) is 0 Å². The lowest BCUT2D eigenvalue weighted by Crippen LogP contribution is -2.55. The van der Waals surface area contributed by atoms with Gasteiger partial charge in [-0.3, -0.25) is 0 Å². The number of hydrogen-bond acceptors (Lipinski definition) is 5. The maximum absolute atomic E-state index is 10.6. The highest BCUT2D eigenvalue weighted by molar-refractivity contribution is 6.72. The average molecular weight is 394 g/mol. The minimum Gasteiger partial charge on any atom is -0.419 e. The van der Waals surface area contributed by atoms with Crippen molar-refractivity contribution in [1.82, 2.24) is 0 Å². The Labute approximate surface area is 150 Å². The molecule has 9 heteroatoms. The van der Waals surface area contributed by atoms with Crippen molar-refractivity contribution in [3.63, 3.8) is 0 Å². The van der Waals surface area contributed by atoms with E-state index in [1.54, 1.807) is 6.08 Å². The number of amides is 1. The van der Waals surface area contributed by atoms with E-state index in [1.165, 1.54) is 6.26 Å². The maximum atomic E-state index is 10.6. The van der Waals surface area contributed by atoms with Gasteiger partial charge in [0.05, 0.1) is 6.26 Å². The van der Waals surface area contributed by atoms with Crippen LogP contribution in [0.2, 0.25) is 58.9 Å². The minimum atomic E-state index is -1.91. The Bertz CT molecular complexity index is 395. The molecule has 0 radical (unpaired) electrons. The molecule has 0 bridgehead atoms. The summed E-state index contributed by atoms with van der Waals surface area (Å²) in [4.78, 5) is 10.6. The van der Waals surface area contributed by atoms with Crippen LogP contribution in [0, 0.1) is 0 Å². The molecule has 0 fully saturated rings. The van der Waals surface area contributed by atoms with Crippen molar-refractivity contribution in [2.75, 3.05) is 0 Å². The number of carbonyl (C=O) groups is 1. The minimum absolute atomic E-state index is 0.532.